The summed E-state index contributed by atoms with van der Waals surface area (Å²) in [5.74, 6) is 1.03. The van der Waals surface area contributed by atoms with E-state index >= 15 is 0 Å². The van der Waals surface area contributed by atoms with Gasteiger partial charge in [-0.2, -0.15) is 0 Å². The van der Waals surface area contributed by atoms with Crippen LogP contribution in [-0.2, 0) is 4.74 Å². The van der Waals surface area contributed by atoms with Gasteiger partial charge in [0.1, 0.15) is 5.76 Å². The molecule has 0 spiro atoms. The Hall–Kier alpha value is -0.800. The average Bonchev–Trinajstić information content (AvgIpc) is 2.81. The zero-order valence-corrected chi connectivity index (χ0v) is 9.24. The molecule has 1 aromatic heterocycles. The van der Waals surface area contributed by atoms with Crippen molar-refractivity contribution >= 4 is 0 Å². The van der Waals surface area contributed by atoms with E-state index in [1.807, 2.05) is 12.1 Å². The van der Waals surface area contributed by atoms with Crippen molar-refractivity contribution in [2.75, 3.05) is 13.2 Å². The van der Waals surface area contributed by atoms with E-state index in [9.17, 15) is 0 Å². The molecule has 2 heterocycles. The van der Waals surface area contributed by atoms with Crippen molar-refractivity contribution in [3.05, 3.63) is 24.2 Å². The molecule has 0 aromatic carbocycles. The zero-order chi connectivity index (χ0) is 10.5. The van der Waals surface area contributed by atoms with Gasteiger partial charge >= 0.3 is 0 Å². The molecule has 0 amide bonds. The smallest absolute Gasteiger partial charge is 0.120 e. The molecular formula is C12H19NO2. The lowest BCUT2D eigenvalue weighted by Crippen LogP contribution is -2.38. The van der Waals surface area contributed by atoms with Crippen molar-refractivity contribution in [1.82, 2.24) is 5.32 Å². The molecule has 0 saturated carbocycles. The van der Waals surface area contributed by atoms with Crippen LogP contribution in [0, 0.1) is 0 Å². The molecule has 1 saturated heterocycles. The van der Waals surface area contributed by atoms with Crippen LogP contribution in [0.3, 0.4) is 0 Å². The van der Waals surface area contributed by atoms with Crippen LogP contribution in [0.2, 0.25) is 0 Å². The SMILES string of the molecule is CCC(NC1CCCOC1)c1ccco1. The van der Waals surface area contributed by atoms with Crippen LogP contribution in [0.1, 0.15) is 38.0 Å². The normalized spacial score (nSPS) is 23.9. The summed E-state index contributed by atoms with van der Waals surface area (Å²) in [4.78, 5) is 0. The summed E-state index contributed by atoms with van der Waals surface area (Å²) in [5, 5.41) is 3.59. The lowest BCUT2D eigenvalue weighted by atomic mass is 10.1. The minimum absolute atomic E-state index is 0.326. The Morgan fingerprint density at radius 3 is 3.13 bits per heavy atom. The van der Waals surface area contributed by atoms with Crippen molar-refractivity contribution in [3.8, 4) is 0 Å². The maximum Gasteiger partial charge on any atom is 0.120 e. The van der Waals surface area contributed by atoms with E-state index in [-0.39, 0.29) is 0 Å². The standard InChI is InChI=1S/C12H19NO2/c1-2-11(12-6-4-8-15-12)13-10-5-3-7-14-9-10/h4,6,8,10-11,13H,2-3,5,7,9H2,1H3. The van der Waals surface area contributed by atoms with E-state index in [1.54, 1.807) is 6.26 Å². The number of furan rings is 1. The molecule has 0 bridgehead atoms. The molecule has 1 fully saturated rings. The number of rotatable bonds is 4. The fourth-order valence-electron chi connectivity index (χ4n) is 2.05. The minimum atomic E-state index is 0.326. The number of hydrogen-bond donors (Lipinski definition) is 1. The lowest BCUT2D eigenvalue weighted by molar-refractivity contribution is 0.0650. The molecule has 0 radical (unpaired) electrons. The highest BCUT2D eigenvalue weighted by atomic mass is 16.5. The molecule has 3 heteroatoms. The van der Waals surface area contributed by atoms with Crippen LogP contribution in [0.5, 0.6) is 0 Å². The number of ether oxygens (including phenoxy) is 1. The van der Waals surface area contributed by atoms with E-state index in [4.69, 9.17) is 9.15 Å². The first-order valence-corrected chi connectivity index (χ1v) is 5.77. The second kappa shape index (κ2) is 5.33. The highest BCUT2D eigenvalue weighted by Gasteiger charge is 2.19. The van der Waals surface area contributed by atoms with Crippen LogP contribution in [0.15, 0.2) is 22.8 Å². The summed E-state index contributed by atoms with van der Waals surface area (Å²) in [6.45, 7) is 3.91. The van der Waals surface area contributed by atoms with Crippen LogP contribution >= 0.6 is 0 Å². The predicted octanol–water partition coefficient (Wildman–Crippen LogP) is 2.50. The molecule has 1 aliphatic rings. The Morgan fingerprint density at radius 1 is 1.60 bits per heavy atom. The molecule has 15 heavy (non-hydrogen) atoms. The molecule has 2 rings (SSSR count). The maximum atomic E-state index is 5.45. The van der Waals surface area contributed by atoms with E-state index in [0.29, 0.717) is 12.1 Å². The van der Waals surface area contributed by atoms with Crippen molar-refractivity contribution in [2.45, 2.75) is 38.3 Å². The fourth-order valence-corrected chi connectivity index (χ4v) is 2.05. The zero-order valence-electron chi connectivity index (χ0n) is 9.24. The van der Waals surface area contributed by atoms with E-state index in [0.717, 1.165) is 31.8 Å². The second-order valence-corrected chi connectivity index (χ2v) is 4.06. The van der Waals surface area contributed by atoms with Gasteiger partial charge in [-0.25, -0.2) is 0 Å². The van der Waals surface area contributed by atoms with Crippen LogP contribution in [0.25, 0.3) is 0 Å². The lowest BCUT2D eigenvalue weighted by Gasteiger charge is -2.27. The van der Waals surface area contributed by atoms with Gasteiger partial charge in [-0.05, 0) is 31.4 Å². The highest BCUT2D eigenvalue weighted by Crippen LogP contribution is 2.19. The Morgan fingerprint density at radius 2 is 2.53 bits per heavy atom. The van der Waals surface area contributed by atoms with Gasteiger partial charge in [-0.1, -0.05) is 6.92 Å². The van der Waals surface area contributed by atoms with E-state index < -0.39 is 0 Å². The van der Waals surface area contributed by atoms with Crippen LogP contribution in [-0.4, -0.2) is 19.3 Å². The summed E-state index contributed by atoms with van der Waals surface area (Å²) >= 11 is 0. The van der Waals surface area contributed by atoms with Gasteiger partial charge in [0.15, 0.2) is 0 Å². The summed E-state index contributed by atoms with van der Waals surface area (Å²) < 4.78 is 10.9. The van der Waals surface area contributed by atoms with Gasteiger partial charge in [0, 0.05) is 12.6 Å². The minimum Gasteiger partial charge on any atom is -0.468 e. The average molecular weight is 209 g/mol. The molecule has 0 aliphatic carbocycles. The number of nitrogens with one attached hydrogen (secondary N) is 1. The van der Waals surface area contributed by atoms with Crippen molar-refractivity contribution in [2.24, 2.45) is 0 Å². The first-order valence-electron chi connectivity index (χ1n) is 5.77. The van der Waals surface area contributed by atoms with E-state index in [1.165, 1.54) is 6.42 Å². The summed E-state index contributed by atoms with van der Waals surface area (Å²) in [6, 6.07) is 4.78. The molecule has 1 aliphatic heterocycles. The molecule has 3 nitrogen and oxygen atoms in total. The monoisotopic (exact) mass is 209 g/mol. The quantitative estimate of drug-likeness (QED) is 0.827. The van der Waals surface area contributed by atoms with Gasteiger partial charge in [-0.15, -0.1) is 0 Å². The van der Waals surface area contributed by atoms with Crippen LogP contribution in [0.4, 0.5) is 0 Å². The molecule has 2 atom stereocenters. The Labute approximate surface area is 90.8 Å². The maximum absolute atomic E-state index is 5.45. The van der Waals surface area contributed by atoms with Crippen LogP contribution < -0.4 is 5.32 Å². The predicted molar refractivity (Wildman–Crippen MR) is 58.7 cm³/mol. The van der Waals surface area contributed by atoms with Gasteiger partial charge in [0.25, 0.3) is 0 Å². The third-order valence-corrected chi connectivity index (χ3v) is 2.89. The fraction of sp³-hybridized carbons (Fsp3) is 0.667. The molecular weight excluding hydrogens is 190 g/mol. The third-order valence-electron chi connectivity index (χ3n) is 2.89. The van der Waals surface area contributed by atoms with Gasteiger partial charge in [0.2, 0.25) is 0 Å². The third kappa shape index (κ3) is 2.83. The number of hydrogen-bond acceptors (Lipinski definition) is 3. The molecule has 2 unspecified atom stereocenters. The Balaban J connectivity index is 1.90. The van der Waals surface area contributed by atoms with Gasteiger partial charge < -0.3 is 14.5 Å². The Bertz CT molecular complexity index is 265. The Kier molecular flexibility index (Phi) is 3.80. The first kappa shape index (κ1) is 10.7. The largest absolute Gasteiger partial charge is 0.468 e. The van der Waals surface area contributed by atoms with Gasteiger partial charge in [-0.3, -0.25) is 0 Å². The van der Waals surface area contributed by atoms with Crippen molar-refractivity contribution in [1.29, 1.82) is 0 Å². The summed E-state index contributed by atoms with van der Waals surface area (Å²) in [7, 11) is 0. The summed E-state index contributed by atoms with van der Waals surface area (Å²) in [6.07, 6.45) is 5.14. The van der Waals surface area contributed by atoms with Crippen molar-refractivity contribution < 1.29 is 9.15 Å². The second-order valence-electron chi connectivity index (χ2n) is 4.06. The first-order chi connectivity index (χ1) is 7.40. The van der Waals surface area contributed by atoms with Gasteiger partial charge in [0.05, 0.1) is 18.9 Å². The molecule has 1 N–H and O–H groups in total. The molecule has 84 valence electrons. The molecule has 1 aromatic rings. The summed E-state index contributed by atoms with van der Waals surface area (Å²) in [5.41, 5.74) is 0. The van der Waals surface area contributed by atoms with Crippen molar-refractivity contribution in [3.63, 3.8) is 0 Å². The van der Waals surface area contributed by atoms with E-state index in [2.05, 4.69) is 12.2 Å². The highest BCUT2D eigenvalue weighted by molar-refractivity contribution is 5.04. The topological polar surface area (TPSA) is 34.4 Å².